The fourth-order valence-electron chi connectivity index (χ4n) is 2.17. The Kier molecular flexibility index (Phi) is 3.83. The summed E-state index contributed by atoms with van der Waals surface area (Å²) in [6.45, 7) is -0.465. The minimum atomic E-state index is -0.687. The topological polar surface area (TPSA) is 85.6 Å². The zero-order valence-electron chi connectivity index (χ0n) is 11.5. The van der Waals surface area contributed by atoms with Gasteiger partial charge in [-0.25, -0.2) is 4.39 Å². The fourth-order valence-corrected chi connectivity index (χ4v) is 2.40. The van der Waals surface area contributed by atoms with Crippen LogP contribution in [0.2, 0.25) is 5.02 Å². The van der Waals surface area contributed by atoms with Gasteiger partial charge in [-0.05, 0) is 28.1 Å². The van der Waals surface area contributed by atoms with Gasteiger partial charge in [0.15, 0.2) is 12.4 Å². The number of anilines is 1. The molecule has 3 rings (SSSR count). The minimum Gasteiger partial charge on any atom is -0.477 e. The number of carbonyl (C=O) groups is 1. The van der Waals surface area contributed by atoms with E-state index in [1.807, 2.05) is 0 Å². The lowest BCUT2D eigenvalue weighted by molar-refractivity contribution is -0.389. The molecule has 0 unspecified atom stereocenters. The van der Waals surface area contributed by atoms with E-state index in [9.17, 15) is 19.3 Å². The molecule has 0 fully saturated rings. The zero-order chi connectivity index (χ0) is 16.6. The smallest absolute Gasteiger partial charge is 0.366 e. The number of fused-ring (bicyclic) bond motifs is 1. The van der Waals surface area contributed by atoms with E-state index >= 15 is 0 Å². The molecule has 1 aliphatic rings. The first-order valence-electron chi connectivity index (χ1n) is 6.49. The number of hydrogen-bond donors (Lipinski definition) is 0. The molecule has 0 spiro atoms. The van der Waals surface area contributed by atoms with Crippen molar-refractivity contribution in [3.05, 3.63) is 56.8 Å². The summed E-state index contributed by atoms with van der Waals surface area (Å²) in [5.74, 6) is -1.34. The van der Waals surface area contributed by atoms with Crippen molar-refractivity contribution in [3.8, 4) is 5.75 Å². The van der Waals surface area contributed by atoms with Crippen LogP contribution in [-0.4, -0.2) is 22.4 Å². The van der Waals surface area contributed by atoms with Crippen LogP contribution in [0, 0.1) is 15.9 Å². The molecular weight excluding hydrogens is 329 g/mol. The Morgan fingerprint density at radius 3 is 2.87 bits per heavy atom. The quantitative estimate of drug-likeness (QED) is 0.635. The highest BCUT2D eigenvalue weighted by Gasteiger charge is 2.33. The lowest BCUT2D eigenvalue weighted by Gasteiger charge is -2.25. The molecule has 1 aromatic carbocycles. The summed E-state index contributed by atoms with van der Waals surface area (Å²) in [6.07, 6.45) is 0. The van der Waals surface area contributed by atoms with E-state index in [0.717, 1.165) is 4.90 Å². The number of rotatable bonds is 3. The maximum absolute atomic E-state index is 13.9. The van der Waals surface area contributed by atoms with Crippen LogP contribution in [0.5, 0.6) is 5.75 Å². The maximum Gasteiger partial charge on any atom is 0.366 e. The number of aromatic nitrogens is 1. The number of carbonyl (C=O) groups excluding carboxylic acids is 1. The third-order valence-electron chi connectivity index (χ3n) is 3.30. The summed E-state index contributed by atoms with van der Waals surface area (Å²) in [5, 5.41) is 11.0. The van der Waals surface area contributed by atoms with E-state index < -0.39 is 22.5 Å². The lowest BCUT2D eigenvalue weighted by Crippen LogP contribution is -2.39. The molecule has 0 saturated carbocycles. The minimum absolute atomic E-state index is 0.0326. The molecule has 118 valence electrons. The molecule has 0 radical (unpaired) electrons. The monoisotopic (exact) mass is 337 g/mol. The highest BCUT2D eigenvalue weighted by molar-refractivity contribution is 6.31. The molecule has 1 aromatic heterocycles. The van der Waals surface area contributed by atoms with Gasteiger partial charge < -0.3 is 14.9 Å². The molecule has 0 saturated heterocycles. The molecule has 0 atom stereocenters. The average molecular weight is 338 g/mol. The number of pyridine rings is 1. The number of hydrogen-bond acceptors (Lipinski definition) is 5. The molecular formula is C14H9ClFN3O4. The second kappa shape index (κ2) is 5.81. The highest BCUT2D eigenvalue weighted by atomic mass is 35.5. The summed E-state index contributed by atoms with van der Waals surface area (Å²) in [5.41, 5.74) is 0.101. The third kappa shape index (κ3) is 2.80. The second-order valence-corrected chi connectivity index (χ2v) is 5.12. The zero-order valence-corrected chi connectivity index (χ0v) is 12.3. The van der Waals surface area contributed by atoms with Crippen LogP contribution < -0.4 is 9.64 Å². The number of nitrogens with zero attached hydrogens (tertiary/aromatic N) is 3. The summed E-state index contributed by atoms with van der Waals surface area (Å²) >= 11 is 5.97. The van der Waals surface area contributed by atoms with Gasteiger partial charge in [-0.3, -0.25) is 9.69 Å². The molecule has 0 aliphatic carbocycles. The van der Waals surface area contributed by atoms with Crippen LogP contribution in [0.15, 0.2) is 30.3 Å². The Morgan fingerprint density at radius 1 is 1.39 bits per heavy atom. The Labute approximate surface area is 134 Å². The molecule has 0 bridgehead atoms. The fraction of sp³-hybridized carbons (Fsp3) is 0.143. The van der Waals surface area contributed by atoms with Gasteiger partial charge in [0.2, 0.25) is 0 Å². The van der Waals surface area contributed by atoms with E-state index in [1.165, 1.54) is 30.3 Å². The Bertz CT molecular complexity index is 794. The van der Waals surface area contributed by atoms with Crippen molar-refractivity contribution < 1.29 is 18.8 Å². The molecule has 2 heterocycles. The van der Waals surface area contributed by atoms with Crippen LogP contribution in [0.25, 0.3) is 0 Å². The first-order chi connectivity index (χ1) is 11.0. The number of ether oxygens (including phenoxy) is 1. The van der Waals surface area contributed by atoms with Crippen LogP contribution in [-0.2, 0) is 11.3 Å². The molecule has 1 amide bonds. The van der Waals surface area contributed by atoms with Crippen LogP contribution >= 0.6 is 11.6 Å². The van der Waals surface area contributed by atoms with Crippen LogP contribution in [0.3, 0.4) is 0 Å². The van der Waals surface area contributed by atoms with Crippen molar-refractivity contribution in [2.75, 3.05) is 11.5 Å². The van der Waals surface area contributed by atoms with E-state index in [0.29, 0.717) is 0 Å². The predicted molar refractivity (Wildman–Crippen MR) is 79.0 cm³/mol. The molecule has 9 heteroatoms. The normalized spacial score (nSPS) is 13.5. The Hall–Kier alpha value is -2.74. The summed E-state index contributed by atoms with van der Waals surface area (Å²) in [4.78, 5) is 27.2. The van der Waals surface area contributed by atoms with Gasteiger partial charge in [-0.2, -0.15) is 0 Å². The number of halogens is 2. The van der Waals surface area contributed by atoms with Gasteiger partial charge in [0, 0.05) is 16.7 Å². The van der Waals surface area contributed by atoms with E-state index in [4.69, 9.17) is 16.3 Å². The number of benzene rings is 1. The summed E-state index contributed by atoms with van der Waals surface area (Å²) in [7, 11) is 0. The Morgan fingerprint density at radius 2 is 2.17 bits per heavy atom. The predicted octanol–water partition coefficient (Wildman–Crippen LogP) is 2.71. The molecule has 1 aliphatic heterocycles. The van der Waals surface area contributed by atoms with Crippen molar-refractivity contribution >= 4 is 29.1 Å². The summed E-state index contributed by atoms with van der Waals surface area (Å²) in [6, 6.07) is 6.67. The van der Waals surface area contributed by atoms with Crippen LogP contribution in [0.1, 0.15) is 5.56 Å². The largest absolute Gasteiger partial charge is 0.477 e. The lowest BCUT2D eigenvalue weighted by atomic mass is 10.2. The third-order valence-corrected chi connectivity index (χ3v) is 3.65. The van der Waals surface area contributed by atoms with Crippen molar-refractivity contribution in [1.82, 2.24) is 4.98 Å². The first kappa shape index (κ1) is 15.2. The van der Waals surface area contributed by atoms with Crippen molar-refractivity contribution in [2.45, 2.75) is 6.54 Å². The van der Waals surface area contributed by atoms with Gasteiger partial charge in [-0.15, -0.1) is 0 Å². The Balaban J connectivity index is 2.04. The molecule has 7 nitrogen and oxygen atoms in total. The van der Waals surface area contributed by atoms with Crippen LogP contribution in [0.4, 0.5) is 16.0 Å². The number of nitro groups is 1. The van der Waals surface area contributed by atoms with Crippen molar-refractivity contribution in [3.63, 3.8) is 0 Å². The molecule has 2 aromatic rings. The van der Waals surface area contributed by atoms with Crippen molar-refractivity contribution in [2.24, 2.45) is 0 Å². The highest BCUT2D eigenvalue weighted by Crippen LogP contribution is 2.34. The van der Waals surface area contributed by atoms with Gasteiger partial charge in [0.1, 0.15) is 5.82 Å². The molecule has 0 N–H and O–H groups in total. The average Bonchev–Trinajstić information content (AvgIpc) is 2.52. The van der Waals surface area contributed by atoms with Gasteiger partial charge >= 0.3 is 5.82 Å². The SMILES string of the molecule is O=C1COc2ccc([N+](=O)[O-])nc2N1Cc1c(F)cccc1Cl. The van der Waals surface area contributed by atoms with Gasteiger partial charge in [0.05, 0.1) is 6.54 Å². The maximum atomic E-state index is 13.9. The standard InChI is InChI=1S/C14H9ClFN3O4/c15-9-2-1-3-10(16)8(9)6-18-13(20)7-23-11-4-5-12(19(21)22)17-14(11)18/h1-5H,6-7H2. The second-order valence-electron chi connectivity index (χ2n) is 4.72. The van der Waals surface area contributed by atoms with E-state index in [-0.39, 0.29) is 35.3 Å². The first-order valence-corrected chi connectivity index (χ1v) is 6.86. The van der Waals surface area contributed by atoms with Gasteiger partial charge in [-0.1, -0.05) is 17.7 Å². The molecule has 23 heavy (non-hydrogen) atoms. The van der Waals surface area contributed by atoms with Gasteiger partial charge in [0.25, 0.3) is 11.7 Å². The van der Waals surface area contributed by atoms with E-state index in [2.05, 4.69) is 4.98 Å². The van der Waals surface area contributed by atoms with Crippen molar-refractivity contribution in [1.29, 1.82) is 0 Å². The number of amides is 1. The van der Waals surface area contributed by atoms with E-state index in [1.54, 1.807) is 0 Å². The summed E-state index contributed by atoms with van der Waals surface area (Å²) < 4.78 is 19.1.